The van der Waals surface area contributed by atoms with Crippen LogP contribution in [0, 0.1) is 0 Å². The highest BCUT2D eigenvalue weighted by Gasteiger charge is 2.30. The molecule has 1 unspecified atom stereocenters. The second-order valence-corrected chi connectivity index (χ2v) is 5.14. The summed E-state index contributed by atoms with van der Waals surface area (Å²) in [4.78, 5) is 11.6. The number of halogens is 4. The van der Waals surface area contributed by atoms with E-state index in [4.69, 9.17) is 4.74 Å². The third-order valence-corrected chi connectivity index (χ3v) is 2.87. The molecule has 0 saturated carbocycles. The standard InChI is InChI=1S/C12H13BrF3NO2/c1-19-7-10(13)6-17-11(18)8-3-2-4-9(5-8)12(14,15)16/h2-5,10H,6-7H2,1H3,(H,17,18). The summed E-state index contributed by atoms with van der Waals surface area (Å²) in [6.07, 6.45) is -4.45. The fraction of sp³-hybridized carbons (Fsp3) is 0.417. The molecule has 19 heavy (non-hydrogen) atoms. The van der Waals surface area contributed by atoms with Crippen LogP contribution in [-0.4, -0.2) is 31.0 Å². The molecular weight excluding hydrogens is 327 g/mol. The van der Waals surface area contributed by atoms with Crippen LogP contribution in [0.3, 0.4) is 0 Å². The van der Waals surface area contributed by atoms with Gasteiger partial charge in [-0.2, -0.15) is 13.2 Å². The van der Waals surface area contributed by atoms with Gasteiger partial charge >= 0.3 is 6.18 Å². The van der Waals surface area contributed by atoms with Gasteiger partial charge in [0.25, 0.3) is 5.91 Å². The first-order valence-corrected chi connectivity index (χ1v) is 6.34. The van der Waals surface area contributed by atoms with Gasteiger partial charge in [-0.3, -0.25) is 4.79 Å². The quantitative estimate of drug-likeness (QED) is 0.837. The van der Waals surface area contributed by atoms with Gasteiger partial charge in [0.05, 0.1) is 17.0 Å². The van der Waals surface area contributed by atoms with E-state index in [1.807, 2.05) is 0 Å². The summed E-state index contributed by atoms with van der Waals surface area (Å²) in [5.74, 6) is -0.549. The van der Waals surface area contributed by atoms with Crippen molar-refractivity contribution in [1.82, 2.24) is 5.32 Å². The number of methoxy groups -OCH3 is 1. The van der Waals surface area contributed by atoms with Crippen LogP contribution in [0.4, 0.5) is 13.2 Å². The molecule has 1 amide bonds. The minimum atomic E-state index is -4.45. The molecule has 0 spiro atoms. The van der Waals surface area contributed by atoms with Crippen molar-refractivity contribution in [2.24, 2.45) is 0 Å². The van der Waals surface area contributed by atoms with Crippen molar-refractivity contribution in [3.63, 3.8) is 0 Å². The SMILES string of the molecule is COCC(Br)CNC(=O)c1cccc(C(F)(F)F)c1. The topological polar surface area (TPSA) is 38.3 Å². The van der Waals surface area contributed by atoms with Gasteiger partial charge in [0, 0.05) is 19.2 Å². The Morgan fingerprint density at radius 1 is 1.47 bits per heavy atom. The van der Waals surface area contributed by atoms with Crippen molar-refractivity contribution in [1.29, 1.82) is 0 Å². The first kappa shape index (κ1) is 16.0. The van der Waals surface area contributed by atoms with Crippen LogP contribution in [0.15, 0.2) is 24.3 Å². The van der Waals surface area contributed by atoms with Crippen molar-refractivity contribution in [2.45, 2.75) is 11.0 Å². The second kappa shape index (κ2) is 6.91. The van der Waals surface area contributed by atoms with Crippen molar-refractivity contribution < 1.29 is 22.7 Å². The number of alkyl halides is 4. The third kappa shape index (κ3) is 5.20. The predicted octanol–water partition coefficient (Wildman–Crippen LogP) is 2.85. The number of carbonyl (C=O) groups excluding carboxylic acids is 1. The number of hydrogen-bond donors (Lipinski definition) is 1. The number of rotatable bonds is 5. The average molecular weight is 340 g/mol. The zero-order valence-electron chi connectivity index (χ0n) is 10.1. The molecule has 0 fully saturated rings. The Morgan fingerprint density at radius 2 is 2.16 bits per heavy atom. The molecule has 1 atom stereocenters. The zero-order chi connectivity index (χ0) is 14.5. The van der Waals surface area contributed by atoms with Gasteiger partial charge in [0.2, 0.25) is 0 Å². The molecule has 1 aromatic rings. The lowest BCUT2D eigenvalue weighted by Crippen LogP contribution is -2.31. The van der Waals surface area contributed by atoms with Crippen LogP contribution in [0.5, 0.6) is 0 Å². The lowest BCUT2D eigenvalue weighted by Gasteiger charge is -2.11. The van der Waals surface area contributed by atoms with Crippen LogP contribution >= 0.6 is 15.9 Å². The van der Waals surface area contributed by atoms with E-state index in [9.17, 15) is 18.0 Å². The molecule has 0 aromatic heterocycles. The Balaban J connectivity index is 2.67. The first-order valence-electron chi connectivity index (χ1n) is 5.43. The summed E-state index contributed by atoms with van der Waals surface area (Å²) in [7, 11) is 1.52. The summed E-state index contributed by atoms with van der Waals surface area (Å²) >= 11 is 3.27. The Morgan fingerprint density at radius 3 is 2.74 bits per heavy atom. The Labute approximate surface area is 117 Å². The Hall–Kier alpha value is -1.08. The summed E-state index contributed by atoms with van der Waals surface area (Å²) in [5, 5.41) is 2.53. The van der Waals surface area contributed by atoms with Crippen molar-refractivity contribution >= 4 is 21.8 Å². The highest BCUT2D eigenvalue weighted by molar-refractivity contribution is 9.09. The normalized spacial score (nSPS) is 13.1. The molecule has 7 heteroatoms. The molecule has 0 radical (unpaired) electrons. The lowest BCUT2D eigenvalue weighted by molar-refractivity contribution is -0.137. The van der Waals surface area contributed by atoms with E-state index < -0.39 is 17.6 Å². The number of benzene rings is 1. The first-order chi connectivity index (χ1) is 8.84. The third-order valence-electron chi connectivity index (χ3n) is 2.28. The van der Waals surface area contributed by atoms with Gasteiger partial charge in [-0.1, -0.05) is 22.0 Å². The van der Waals surface area contributed by atoms with Gasteiger partial charge in [-0.05, 0) is 18.2 Å². The van der Waals surface area contributed by atoms with Crippen LogP contribution in [0.2, 0.25) is 0 Å². The molecule has 0 aliphatic heterocycles. The van der Waals surface area contributed by atoms with E-state index in [0.29, 0.717) is 6.61 Å². The highest BCUT2D eigenvalue weighted by Crippen LogP contribution is 2.29. The molecule has 0 aliphatic rings. The maximum absolute atomic E-state index is 12.5. The van der Waals surface area contributed by atoms with Crippen molar-refractivity contribution in [3.8, 4) is 0 Å². The molecule has 3 nitrogen and oxygen atoms in total. The van der Waals surface area contributed by atoms with Crippen molar-refractivity contribution in [3.05, 3.63) is 35.4 Å². The molecule has 0 aliphatic carbocycles. The molecular formula is C12H13BrF3NO2. The summed E-state index contributed by atoms with van der Waals surface area (Å²) < 4.78 is 42.3. The Kier molecular flexibility index (Phi) is 5.81. The molecule has 106 valence electrons. The largest absolute Gasteiger partial charge is 0.416 e. The van der Waals surface area contributed by atoms with E-state index in [-0.39, 0.29) is 16.9 Å². The smallest absolute Gasteiger partial charge is 0.383 e. The number of hydrogen-bond acceptors (Lipinski definition) is 2. The summed E-state index contributed by atoms with van der Waals surface area (Å²) in [6, 6.07) is 4.30. The van der Waals surface area contributed by atoms with Crippen LogP contribution in [0.25, 0.3) is 0 Å². The van der Waals surface area contributed by atoms with Gasteiger partial charge < -0.3 is 10.1 Å². The second-order valence-electron chi connectivity index (χ2n) is 3.84. The van der Waals surface area contributed by atoms with Crippen LogP contribution in [0.1, 0.15) is 15.9 Å². The van der Waals surface area contributed by atoms with E-state index in [1.54, 1.807) is 0 Å². The molecule has 1 aromatic carbocycles. The number of nitrogens with one attached hydrogen (secondary N) is 1. The van der Waals surface area contributed by atoms with Crippen molar-refractivity contribution in [2.75, 3.05) is 20.3 Å². The zero-order valence-corrected chi connectivity index (χ0v) is 11.7. The highest BCUT2D eigenvalue weighted by atomic mass is 79.9. The van der Waals surface area contributed by atoms with Crippen LogP contribution in [-0.2, 0) is 10.9 Å². The number of amides is 1. The molecule has 0 saturated heterocycles. The number of ether oxygens (including phenoxy) is 1. The fourth-order valence-corrected chi connectivity index (χ4v) is 1.81. The maximum Gasteiger partial charge on any atom is 0.416 e. The van der Waals surface area contributed by atoms with Gasteiger partial charge in [0.15, 0.2) is 0 Å². The Bertz CT molecular complexity index is 437. The maximum atomic E-state index is 12.5. The minimum absolute atomic E-state index is 0.0214. The molecule has 1 N–H and O–H groups in total. The van der Waals surface area contributed by atoms with E-state index in [1.165, 1.54) is 19.2 Å². The van der Waals surface area contributed by atoms with Crippen LogP contribution < -0.4 is 5.32 Å². The fourth-order valence-electron chi connectivity index (χ4n) is 1.38. The monoisotopic (exact) mass is 339 g/mol. The van der Waals surface area contributed by atoms with E-state index in [2.05, 4.69) is 21.2 Å². The minimum Gasteiger partial charge on any atom is -0.383 e. The molecule has 0 bridgehead atoms. The summed E-state index contributed by atoms with van der Waals surface area (Å²) in [6.45, 7) is 0.659. The van der Waals surface area contributed by atoms with E-state index >= 15 is 0 Å². The van der Waals surface area contributed by atoms with Gasteiger partial charge in [-0.15, -0.1) is 0 Å². The van der Waals surface area contributed by atoms with E-state index in [0.717, 1.165) is 12.1 Å². The van der Waals surface area contributed by atoms with Gasteiger partial charge in [-0.25, -0.2) is 0 Å². The molecule has 1 rings (SSSR count). The predicted molar refractivity (Wildman–Crippen MR) is 68.4 cm³/mol. The number of carbonyl (C=O) groups is 1. The summed E-state index contributed by atoms with van der Waals surface area (Å²) in [5.41, 5.74) is -0.862. The lowest BCUT2D eigenvalue weighted by atomic mass is 10.1. The molecule has 0 heterocycles. The average Bonchev–Trinajstić information content (AvgIpc) is 2.35. The van der Waals surface area contributed by atoms with Gasteiger partial charge in [0.1, 0.15) is 0 Å².